The molecule has 2 N–H and O–H groups in total. The molecule has 2 heterocycles. The van der Waals surface area contributed by atoms with Crippen molar-refractivity contribution in [1.29, 1.82) is 0 Å². The standard InChI is InChI=1S/C11H19N3O/c1-3-10-8(2)13-11(14-10)6-9-7-15-5-4-12-9/h9,12H,3-7H2,1-2H3,(H,13,14). The normalized spacial score (nSPS) is 21.9. The van der Waals surface area contributed by atoms with E-state index < -0.39 is 0 Å². The van der Waals surface area contributed by atoms with Crippen LogP contribution >= 0.6 is 0 Å². The second-order valence-electron chi connectivity index (χ2n) is 4.04. The Balaban J connectivity index is 1.97. The predicted molar refractivity (Wildman–Crippen MR) is 59.0 cm³/mol. The fourth-order valence-corrected chi connectivity index (χ4v) is 1.99. The first-order valence-corrected chi connectivity index (χ1v) is 5.65. The molecule has 1 aliphatic rings. The first-order valence-electron chi connectivity index (χ1n) is 5.65. The Morgan fingerprint density at radius 3 is 3.00 bits per heavy atom. The summed E-state index contributed by atoms with van der Waals surface area (Å²) >= 11 is 0. The van der Waals surface area contributed by atoms with Crippen LogP contribution in [0, 0.1) is 6.92 Å². The van der Waals surface area contributed by atoms with Crippen LogP contribution < -0.4 is 5.32 Å². The van der Waals surface area contributed by atoms with Crippen LogP contribution in [-0.2, 0) is 17.6 Å². The number of aryl methyl sites for hydroxylation is 2. The van der Waals surface area contributed by atoms with Crippen LogP contribution in [0.3, 0.4) is 0 Å². The summed E-state index contributed by atoms with van der Waals surface area (Å²) < 4.78 is 5.41. The van der Waals surface area contributed by atoms with Crippen molar-refractivity contribution in [1.82, 2.24) is 15.3 Å². The van der Waals surface area contributed by atoms with Gasteiger partial charge in [-0.25, -0.2) is 4.98 Å². The SMILES string of the molecule is CCc1nc(CC2COCCN2)[nH]c1C. The second kappa shape index (κ2) is 4.77. The first kappa shape index (κ1) is 10.6. The number of H-pyrrole nitrogens is 1. The van der Waals surface area contributed by atoms with E-state index in [1.807, 2.05) is 0 Å². The fourth-order valence-electron chi connectivity index (χ4n) is 1.99. The number of morpholine rings is 1. The summed E-state index contributed by atoms with van der Waals surface area (Å²) in [6, 6.07) is 0.411. The van der Waals surface area contributed by atoms with Crippen LogP contribution in [-0.4, -0.2) is 35.8 Å². The third kappa shape index (κ3) is 2.58. The van der Waals surface area contributed by atoms with Crippen LogP contribution in [0.5, 0.6) is 0 Å². The molecule has 1 aliphatic heterocycles. The predicted octanol–water partition coefficient (Wildman–Crippen LogP) is 0.811. The summed E-state index contributed by atoms with van der Waals surface area (Å²) in [7, 11) is 0. The van der Waals surface area contributed by atoms with Gasteiger partial charge in [-0.05, 0) is 13.3 Å². The maximum atomic E-state index is 5.41. The number of hydrogen-bond acceptors (Lipinski definition) is 3. The zero-order valence-electron chi connectivity index (χ0n) is 9.47. The van der Waals surface area contributed by atoms with Crippen LogP contribution in [0.25, 0.3) is 0 Å². The van der Waals surface area contributed by atoms with Gasteiger partial charge in [0.25, 0.3) is 0 Å². The molecule has 0 amide bonds. The summed E-state index contributed by atoms with van der Waals surface area (Å²) in [5, 5.41) is 3.43. The molecule has 0 bridgehead atoms. The zero-order chi connectivity index (χ0) is 10.7. The third-order valence-electron chi connectivity index (χ3n) is 2.81. The van der Waals surface area contributed by atoms with Gasteiger partial charge in [-0.3, -0.25) is 0 Å². The molecule has 4 heteroatoms. The summed E-state index contributed by atoms with van der Waals surface area (Å²) in [5.74, 6) is 1.08. The molecule has 0 radical (unpaired) electrons. The number of hydrogen-bond donors (Lipinski definition) is 2. The van der Waals surface area contributed by atoms with E-state index in [9.17, 15) is 0 Å². The van der Waals surface area contributed by atoms with Crippen molar-refractivity contribution in [2.24, 2.45) is 0 Å². The lowest BCUT2D eigenvalue weighted by molar-refractivity contribution is 0.0764. The Labute approximate surface area is 90.4 Å². The summed E-state index contributed by atoms with van der Waals surface area (Å²) in [6.45, 7) is 6.79. The molecule has 4 nitrogen and oxygen atoms in total. The number of rotatable bonds is 3. The van der Waals surface area contributed by atoms with Crippen LogP contribution in [0.4, 0.5) is 0 Å². The molecule has 1 saturated heterocycles. The molecule has 1 aromatic rings. The lowest BCUT2D eigenvalue weighted by Crippen LogP contribution is -2.42. The smallest absolute Gasteiger partial charge is 0.108 e. The third-order valence-corrected chi connectivity index (χ3v) is 2.81. The average molecular weight is 209 g/mol. The van der Waals surface area contributed by atoms with Gasteiger partial charge >= 0.3 is 0 Å². The Morgan fingerprint density at radius 2 is 2.40 bits per heavy atom. The molecular formula is C11H19N3O. The van der Waals surface area contributed by atoms with Gasteiger partial charge in [-0.2, -0.15) is 0 Å². The van der Waals surface area contributed by atoms with Gasteiger partial charge in [-0.15, -0.1) is 0 Å². The van der Waals surface area contributed by atoms with Crippen molar-refractivity contribution in [3.63, 3.8) is 0 Å². The molecule has 1 fully saturated rings. The minimum absolute atomic E-state index is 0.411. The van der Waals surface area contributed by atoms with Crippen molar-refractivity contribution in [3.8, 4) is 0 Å². The number of aromatic amines is 1. The zero-order valence-corrected chi connectivity index (χ0v) is 9.47. The lowest BCUT2D eigenvalue weighted by atomic mass is 10.2. The molecule has 1 aromatic heterocycles. The van der Waals surface area contributed by atoms with Crippen LogP contribution in [0.1, 0.15) is 24.1 Å². The highest BCUT2D eigenvalue weighted by Crippen LogP contribution is 2.08. The monoisotopic (exact) mass is 209 g/mol. The van der Waals surface area contributed by atoms with Crippen molar-refractivity contribution in [2.75, 3.05) is 19.8 Å². The van der Waals surface area contributed by atoms with Gasteiger partial charge in [0.1, 0.15) is 5.82 Å². The van der Waals surface area contributed by atoms with Crippen molar-refractivity contribution >= 4 is 0 Å². The van der Waals surface area contributed by atoms with E-state index in [-0.39, 0.29) is 0 Å². The van der Waals surface area contributed by atoms with Crippen LogP contribution in [0.2, 0.25) is 0 Å². The maximum absolute atomic E-state index is 5.41. The minimum atomic E-state index is 0.411. The van der Waals surface area contributed by atoms with E-state index in [0.717, 1.165) is 38.4 Å². The van der Waals surface area contributed by atoms with Gasteiger partial charge < -0.3 is 15.0 Å². The van der Waals surface area contributed by atoms with E-state index in [0.29, 0.717) is 6.04 Å². The Morgan fingerprint density at radius 1 is 1.53 bits per heavy atom. The molecule has 0 saturated carbocycles. The molecule has 0 aliphatic carbocycles. The summed E-state index contributed by atoms with van der Waals surface area (Å²) in [4.78, 5) is 7.91. The number of nitrogens with zero attached hydrogens (tertiary/aromatic N) is 1. The summed E-state index contributed by atoms with van der Waals surface area (Å²) in [6.07, 6.45) is 1.93. The Bertz CT molecular complexity index is 316. The molecule has 84 valence electrons. The second-order valence-corrected chi connectivity index (χ2v) is 4.04. The molecule has 2 rings (SSSR count). The van der Waals surface area contributed by atoms with E-state index in [2.05, 4.69) is 29.1 Å². The largest absolute Gasteiger partial charge is 0.379 e. The van der Waals surface area contributed by atoms with Crippen molar-refractivity contribution < 1.29 is 4.74 Å². The van der Waals surface area contributed by atoms with E-state index >= 15 is 0 Å². The molecule has 0 aromatic carbocycles. The maximum Gasteiger partial charge on any atom is 0.108 e. The number of aromatic nitrogens is 2. The first-order chi connectivity index (χ1) is 7.29. The van der Waals surface area contributed by atoms with Gasteiger partial charge in [0, 0.05) is 24.7 Å². The van der Waals surface area contributed by atoms with Gasteiger partial charge in [-0.1, -0.05) is 6.92 Å². The molecule has 15 heavy (non-hydrogen) atoms. The average Bonchev–Trinajstić information content (AvgIpc) is 2.60. The fraction of sp³-hybridized carbons (Fsp3) is 0.727. The highest BCUT2D eigenvalue weighted by atomic mass is 16.5. The lowest BCUT2D eigenvalue weighted by Gasteiger charge is -2.22. The van der Waals surface area contributed by atoms with Crippen molar-refractivity contribution in [3.05, 3.63) is 17.2 Å². The molecular weight excluding hydrogens is 190 g/mol. The van der Waals surface area contributed by atoms with Gasteiger partial charge in [0.15, 0.2) is 0 Å². The number of nitrogens with one attached hydrogen (secondary N) is 2. The van der Waals surface area contributed by atoms with Crippen LogP contribution in [0.15, 0.2) is 0 Å². The quantitative estimate of drug-likeness (QED) is 0.774. The Kier molecular flexibility index (Phi) is 3.38. The number of ether oxygens (including phenoxy) is 1. The molecule has 1 unspecified atom stereocenters. The van der Waals surface area contributed by atoms with E-state index in [1.165, 1.54) is 11.4 Å². The van der Waals surface area contributed by atoms with E-state index in [1.54, 1.807) is 0 Å². The topological polar surface area (TPSA) is 49.9 Å². The van der Waals surface area contributed by atoms with E-state index in [4.69, 9.17) is 4.74 Å². The molecule has 1 atom stereocenters. The minimum Gasteiger partial charge on any atom is -0.379 e. The van der Waals surface area contributed by atoms with Gasteiger partial charge in [0.05, 0.1) is 18.9 Å². The molecule has 0 spiro atoms. The Hall–Kier alpha value is -0.870. The summed E-state index contributed by atoms with van der Waals surface area (Å²) in [5.41, 5.74) is 2.38. The highest BCUT2D eigenvalue weighted by molar-refractivity contribution is 5.13. The highest BCUT2D eigenvalue weighted by Gasteiger charge is 2.15. The van der Waals surface area contributed by atoms with Crippen molar-refractivity contribution in [2.45, 2.75) is 32.7 Å². The van der Waals surface area contributed by atoms with Gasteiger partial charge in [0.2, 0.25) is 0 Å². The number of imidazole rings is 1.